The van der Waals surface area contributed by atoms with Crippen LogP contribution in [0.2, 0.25) is 0 Å². The molecular formula is C17H18N2. The Labute approximate surface area is 113 Å². The summed E-state index contributed by atoms with van der Waals surface area (Å²) >= 11 is 0. The second kappa shape index (κ2) is 4.19. The lowest BCUT2D eigenvalue weighted by Gasteiger charge is -2.33. The molecule has 19 heavy (non-hydrogen) atoms. The number of fused-ring (bicyclic) bond motifs is 2. The minimum atomic E-state index is 0.448. The summed E-state index contributed by atoms with van der Waals surface area (Å²) in [5, 5.41) is 1.96. The molecule has 2 aromatic carbocycles. The topological polar surface area (TPSA) is 29.3 Å². The fourth-order valence-electron chi connectivity index (χ4n) is 3.70. The van der Waals surface area contributed by atoms with Gasteiger partial charge < -0.3 is 0 Å². The molecule has 0 radical (unpaired) electrons. The quantitative estimate of drug-likeness (QED) is 0.728. The van der Waals surface area contributed by atoms with Crippen LogP contribution >= 0.6 is 0 Å². The summed E-state index contributed by atoms with van der Waals surface area (Å²) in [6, 6.07) is 15.6. The molecule has 2 heteroatoms. The maximum Gasteiger partial charge on any atom is 0.0382 e. The molecule has 0 saturated heterocycles. The summed E-state index contributed by atoms with van der Waals surface area (Å²) in [6.07, 6.45) is 2.30. The Bertz CT molecular complexity index is 633. The highest BCUT2D eigenvalue weighted by Crippen LogP contribution is 2.39. The molecule has 2 N–H and O–H groups in total. The van der Waals surface area contributed by atoms with Crippen molar-refractivity contribution in [2.45, 2.75) is 25.3 Å². The highest BCUT2D eigenvalue weighted by molar-refractivity contribution is 5.49. The van der Waals surface area contributed by atoms with E-state index in [0.29, 0.717) is 5.92 Å². The van der Waals surface area contributed by atoms with Crippen LogP contribution in [0.4, 0.5) is 0 Å². The van der Waals surface area contributed by atoms with Gasteiger partial charge in [-0.2, -0.15) is 0 Å². The van der Waals surface area contributed by atoms with Crippen LogP contribution in [0, 0.1) is 0 Å². The number of nitrogens with two attached hydrogens (primary N) is 1. The molecule has 0 fully saturated rings. The number of hydrogen-bond acceptors (Lipinski definition) is 2. The van der Waals surface area contributed by atoms with Gasteiger partial charge in [-0.05, 0) is 40.7 Å². The van der Waals surface area contributed by atoms with E-state index >= 15 is 0 Å². The van der Waals surface area contributed by atoms with Gasteiger partial charge in [0.2, 0.25) is 0 Å². The lowest BCUT2D eigenvalue weighted by atomic mass is 9.82. The number of nitrogens with zero attached hydrogens (tertiary/aromatic N) is 1. The monoisotopic (exact) mass is 250 g/mol. The second-order valence-electron chi connectivity index (χ2n) is 5.67. The van der Waals surface area contributed by atoms with Crippen molar-refractivity contribution in [3.8, 4) is 0 Å². The maximum absolute atomic E-state index is 6.13. The van der Waals surface area contributed by atoms with E-state index in [-0.39, 0.29) is 0 Å². The van der Waals surface area contributed by atoms with E-state index in [1.54, 1.807) is 5.56 Å². The molecule has 2 aromatic rings. The molecule has 0 saturated carbocycles. The van der Waals surface area contributed by atoms with E-state index in [2.05, 4.69) is 42.5 Å². The highest BCUT2D eigenvalue weighted by atomic mass is 15.4. The maximum atomic E-state index is 6.13. The fraction of sp³-hybridized carbons (Fsp3) is 0.294. The Morgan fingerprint density at radius 1 is 0.895 bits per heavy atom. The van der Waals surface area contributed by atoms with Crippen molar-refractivity contribution in [2.75, 3.05) is 6.54 Å². The van der Waals surface area contributed by atoms with Gasteiger partial charge in [0.05, 0.1) is 0 Å². The number of aryl methyl sites for hydroxylation is 2. The van der Waals surface area contributed by atoms with Crippen LogP contribution in [0.15, 0.2) is 42.5 Å². The molecule has 0 spiro atoms. The van der Waals surface area contributed by atoms with Crippen molar-refractivity contribution in [1.29, 1.82) is 0 Å². The van der Waals surface area contributed by atoms with Crippen LogP contribution in [0.1, 0.15) is 33.7 Å². The molecule has 2 nitrogen and oxygen atoms in total. The van der Waals surface area contributed by atoms with Crippen molar-refractivity contribution in [1.82, 2.24) is 5.01 Å². The standard InChI is InChI=1S/C17H18N2/c18-19-10-14-6-3-5-13-9-8-12-4-1-2-7-15(12)16(11-19)17(13)14/h1-7,16H,8-11,18H2. The normalized spacial score (nSPS) is 21.4. The van der Waals surface area contributed by atoms with E-state index in [4.69, 9.17) is 5.84 Å². The molecule has 0 aromatic heterocycles. The Kier molecular flexibility index (Phi) is 2.47. The summed E-state index contributed by atoms with van der Waals surface area (Å²) in [5.41, 5.74) is 7.45. The van der Waals surface area contributed by atoms with Crippen LogP contribution in [-0.2, 0) is 19.4 Å². The first-order valence-electron chi connectivity index (χ1n) is 7.01. The number of hydrogen-bond donors (Lipinski definition) is 1. The third-order valence-electron chi connectivity index (χ3n) is 4.52. The summed E-state index contributed by atoms with van der Waals surface area (Å²) < 4.78 is 0. The largest absolute Gasteiger partial charge is 0.268 e. The summed E-state index contributed by atoms with van der Waals surface area (Å²) in [7, 11) is 0. The predicted octanol–water partition coefficient (Wildman–Crippen LogP) is 2.61. The summed E-state index contributed by atoms with van der Waals surface area (Å²) in [5.74, 6) is 6.58. The minimum Gasteiger partial charge on any atom is -0.268 e. The van der Waals surface area contributed by atoms with Crippen molar-refractivity contribution < 1.29 is 0 Å². The van der Waals surface area contributed by atoms with Gasteiger partial charge in [-0.15, -0.1) is 0 Å². The molecule has 1 unspecified atom stereocenters. The number of rotatable bonds is 0. The smallest absolute Gasteiger partial charge is 0.0382 e. The molecule has 1 aliphatic heterocycles. The first-order chi connectivity index (χ1) is 9.33. The summed E-state index contributed by atoms with van der Waals surface area (Å²) in [4.78, 5) is 0. The molecule has 96 valence electrons. The molecule has 0 bridgehead atoms. The Morgan fingerprint density at radius 2 is 1.63 bits per heavy atom. The lowest BCUT2D eigenvalue weighted by molar-refractivity contribution is 0.247. The molecule has 1 atom stereocenters. The van der Waals surface area contributed by atoms with E-state index in [9.17, 15) is 0 Å². The molecule has 1 aliphatic carbocycles. The molecule has 1 heterocycles. The Morgan fingerprint density at radius 3 is 2.58 bits per heavy atom. The van der Waals surface area contributed by atoms with Crippen LogP contribution in [0.25, 0.3) is 0 Å². The fourth-order valence-corrected chi connectivity index (χ4v) is 3.70. The average Bonchev–Trinajstić information content (AvgIpc) is 2.59. The minimum absolute atomic E-state index is 0.448. The third-order valence-corrected chi connectivity index (χ3v) is 4.52. The van der Waals surface area contributed by atoms with E-state index in [1.165, 1.54) is 22.3 Å². The first-order valence-corrected chi connectivity index (χ1v) is 7.01. The Hall–Kier alpha value is -1.64. The predicted molar refractivity (Wildman–Crippen MR) is 76.7 cm³/mol. The molecule has 2 aliphatic rings. The van der Waals surface area contributed by atoms with Gasteiger partial charge in [-0.3, -0.25) is 5.84 Å². The van der Waals surface area contributed by atoms with Crippen molar-refractivity contribution >= 4 is 0 Å². The van der Waals surface area contributed by atoms with E-state index < -0.39 is 0 Å². The average molecular weight is 250 g/mol. The first kappa shape index (κ1) is 11.2. The second-order valence-corrected chi connectivity index (χ2v) is 5.67. The molecule has 0 amide bonds. The zero-order valence-corrected chi connectivity index (χ0v) is 11.0. The molecule has 4 rings (SSSR count). The van der Waals surface area contributed by atoms with Crippen LogP contribution in [0.5, 0.6) is 0 Å². The van der Waals surface area contributed by atoms with Crippen LogP contribution in [-0.4, -0.2) is 11.6 Å². The number of benzene rings is 2. The van der Waals surface area contributed by atoms with Gasteiger partial charge in [0.25, 0.3) is 0 Å². The van der Waals surface area contributed by atoms with Gasteiger partial charge in [0.15, 0.2) is 0 Å². The van der Waals surface area contributed by atoms with Crippen molar-refractivity contribution in [3.63, 3.8) is 0 Å². The van der Waals surface area contributed by atoms with Crippen molar-refractivity contribution in [3.05, 3.63) is 70.3 Å². The zero-order chi connectivity index (χ0) is 12.8. The number of hydrazine groups is 1. The van der Waals surface area contributed by atoms with E-state index in [0.717, 1.165) is 25.9 Å². The van der Waals surface area contributed by atoms with Gasteiger partial charge >= 0.3 is 0 Å². The zero-order valence-electron chi connectivity index (χ0n) is 11.0. The summed E-state index contributed by atoms with van der Waals surface area (Å²) in [6.45, 7) is 1.81. The third kappa shape index (κ3) is 1.71. The lowest BCUT2D eigenvalue weighted by Crippen LogP contribution is -2.39. The van der Waals surface area contributed by atoms with Crippen LogP contribution < -0.4 is 5.84 Å². The van der Waals surface area contributed by atoms with Gasteiger partial charge in [-0.25, -0.2) is 5.01 Å². The van der Waals surface area contributed by atoms with Gasteiger partial charge in [0, 0.05) is 19.0 Å². The Balaban J connectivity index is 1.97. The highest BCUT2D eigenvalue weighted by Gasteiger charge is 2.30. The van der Waals surface area contributed by atoms with E-state index in [1.807, 2.05) is 5.01 Å². The van der Waals surface area contributed by atoms with Crippen LogP contribution in [0.3, 0.4) is 0 Å². The molecular weight excluding hydrogens is 232 g/mol. The van der Waals surface area contributed by atoms with Gasteiger partial charge in [-0.1, -0.05) is 42.5 Å². The SMILES string of the molecule is NN1Cc2cccc3c2C(C1)c1ccccc1CC3. The van der Waals surface area contributed by atoms with Crippen molar-refractivity contribution in [2.24, 2.45) is 5.84 Å². The van der Waals surface area contributed by atoms with Gasteiger partial charge in [0.1, 0.15) is 0 Å².